The number of hydrogen-bond donors (Lipinski definition) is 1. The summed E-state index contributed by atoms with van der Waals surface area (Å²) in [7, 11) is 0. The van der Waals surface area contributed by atoms with Crippen molar-refractivity contribution in [2.24, 2.45) is 5.92 Å². The monoisotopic (exact) mass is 191 g/mol. The third-order valence-corrected chi connectivity index (χ3v) is 2.39. The number of Topliss-reactive ketones (excluding diaryl/α,β-unsaturated/α-hetero) is 1. The molecule has 1 atom stereocenters. The van der Waals surface area contributed by atoms with Gasteiger partial charge in [0.2, 0.25) is 0 Å². The lowest BCUT2D eigenvalue weighted by Gasteiger charge is -2.07. The van der Waals surface area contributed by atoms with Crippen LogP contribution in [0, 0.1) is 5.92 Å². The summed E-state index contributed by atoms with van der Waals surface area (Å²) in [6, 6.07) is 5.33. The maximum Gasteiger partial charge on any atom is 0.169 e. The number of benzene rings is 1. The van der Waals surface area contributed by atoms with Crippen molar-refractivity contribution in [2.45, 2.75) is 13.3 Å². The average Bonchev–Trinajstić information content (AvgIpc) is 2.27. The average molecular weight is 191 g/mol. The van der Waals surface area contributed by atoms with Gasteiger partial charge in [0.25, 0.3) is 0 Å². The molecular weight excluding hydrogens is 178 g/mol. The van der Waals surface area contributed by atoms with Crippen LogP contribution in [0.15, 0.2) is 18.2 Å². The van der Waals surface area contributed by atoms with Crippen LogP contribution in [-0.2, 0) is 0 Å². The molecule has 3 heteroatoms. The lowest BCUT2D eigenvalue weighted by molar-refractivity contribution is 0.0967. The van der Waals surface area contributed by atoms with Gasteiger partial charge in [-0.15, -0.1) is 0 Å². The number of nitrogen functional groups attached to an aromatic ring is 1. The third kappa shape index (κ3) is 1.45. The fourth-order valence-electron chi connectivity index (χ4n) is 1.68. The number of carbonyl (C=O) groups excluding carboxylic acids is 1. The zero-order valence-electron chi connectivity index (χ0n) is 8.12. The van der Waals surface area contributed by atoms with Gasteiger partial charge in [-0.25, -0.2) is 0 Å². The van der Waals surface area contributed by atoms with Gasteiger partial charge in [-0.2, -0.15) is 0 Å². The SMILES string of the molecule is C[C@H]1COc2cccc(N)c2C(=O)C1. The van der Waals surface area contributed by atoms with Crippen LogP contribution in [0.25, 0.3) is 0 Å². The molecule has 14 heavy (non-hydrogen) atoms. The summed E-state index contributed by atoms with van der Waals surface area (Å²) >= 11 is 0. The van der Waals surface area contributed by atoms with E-state index in [9.17, 15) is 4.79 Å². The maximum atomic E-state index is 11.8. The molecule has 74 valence electrons. The van der Waals surface area contributed by atoms with E-state index in [1.54, 1.807) is 18.2 Å². The lowest BCUT2D eigenvalue weighted by Crippen LogP contribution is -2.08. The second-order valence-corrected chi connectivity index (χ2v) is 3.76. The molecule has 1 aliphatic rings. The minimum Gasteiger partial charge on any atom is -0.492 e. The van der Waals surface area contributed by atoms with Crippen LogP contribution in [0.3, 0.4) is 0 Å². The van der Waals surface area contributed by atoms with Crippen LogP contribution in [0.2, 0.25) is 0 Å². The first kappa shape index (κ1) is 9.06. The van der Waals surface area contributed by atoms with Gasteiger partial charge in [-0.3, -0.25) is 4.79 Å². The summed E-state index contributed by atoms with van der Waals surface area (Å²) in [5, 5.41) is 0. The summed E-state index contributed by atoms with van der Waals surface area (Å²) in [6.07, 6.45) is 0.515. The second kappa shape index (κ2) is 3.33. The number of hydrogen-bond acceptors (Lipinski definition) is 3. The normalized spacial score (nSPS) is 20.9. The van der Waals surface area contributed by atoms with Crippen molar-refractivity contribution in [3.8, 4) is 5.75 Å². The molecule has 0 radical (unpaired) electrons. The van der Waals surface area contributed by atoms with Crippen LogP contribution in [-0.4, -0.2) is 12.4 Å². The van der Waals surface area contributed by atoms with Gasteiger partial charge in [0.05, 0.1) is 12.2 Å². The Kier molecular flexibility index (Phi) is 2.15. The Labute approximate surface area is 82.9 Å². The molecule has 0 saturated heterocycles. The zero-order chi connectivity index (χ0) is 10.1. The highest BCUT2D eigenvalue weighted by atomic mass is 16.5. The summed E-state index contributed by atoms with van der Waals surface area (Å²) in [5.41, 5.74) is 6.81. The molecule has 0 aliphatic carbocycles. The topological polar surface area (TPSA) is 52.3 Å². The van der Waals surface area contributed by atoms with Crippen molar-refractivity contribution in [3.05, 3.63) is 23.8 Å². The Bertz CT molecular complexity index is 374. The fraction of sp³-hybridized carbons (Fsp3) is 0.364. The van der Waals surface area contributed by atoms with Crippen molar-refractivity contribution in [3.63, 3.8) is 0 Å². The van der Waals surface area contributed by atoms with E-state index in [0.29, 0.717) is 30.0 Å². The Hall–Kier alpha value is -1.51. The van der Waals surface area contributed by atoms with Gasteiger partial charge in [-0.05, 0) is 18.1 Å². The molecule has 1 aromatic rings. The Morgan fingerprint density at radius 3 is 3.07 bits per heavy atom. The van der Waals surface area contributed by atoms with Crippen LogP contribution in [0.5, 0.6) is 5.75 Å². The summed E-state index contributed by atoms with van der Waals surface area (Å²) in [4.78, 5) is 11.8. The van der Waals surface area contributed by atoms with Gasteiger partial charge in [0.15, 0.2) is 5.78 Å². The number of anilines is 1. The number of ether oxygens (including phenoxy) is 1. The standard InChI is InChI=1S/C11H13NO2/c1-7-5-9(13)11-8(12)3-2-4-10(11)14-6-7/h2-4,7H,5-6,12H2,1H3/t7-/m1/s1. The highest BCUT2D eigenvalue weighted by molar-refractivity contribution is 6.03. The number of nitrogens with two attached hydrogens (primary N) is 1. The molecule has 0 bridgehead atoms. The Morgan fingerprint density at radius 1 is 1.50 bits per heavy atom. The molecule has 0 saturated carbocycles. The van der Waals surface area contributed by atoms with E-state index in [-0.39, 0.29) is 11.7 Å². The van der Waals surface area contributed by atoms with Gasteiger partial charge in [0.1, 0.15) is 5.75 Å². The minimum absolute atomic E-state index is 0.0862. The largest absolute Gasteiger partial charge is 0.492 e. The molecule has 1 aromatic carbocycles. The van der Waals surface area contributed by atoms with E-state index in [2.05, 4.69) is 0 Å². The van der Waals surface area contributed by atoms with E-state index in [0.717, 1.165) is 0 Å². The van der Waals surface area contributed by atoms with Crippen LogP contribution >= 0.6 is 0 Å². The van der Waals surface area contributed by atoms with E-state index in [1.165, 1.54) is 0 Å². The van der Waals surface area contributed by atoms with Crippen molar-refractivity contribution in [1.29, 1.82) is 0 Å². The summed E-state index contributed by atoms with van der Waals surface area (Å²) in [6.45, 7) is 2.59. The fourth-order valence-corrected chi connectivity index (χ4v) is 1.68. The molecule has 0 spiro atoms. The van der Waals surface area contributed by atoms with E-state index in [4.69, 9.17) is 10.5 Å². The second-order valence-electron chi connectivity index (χ2n) is 3.76. The molecular formula is C11H13NO2. The zero-order valence-corrected chi connectivity index (χ0v) is 8.12. The van der Waals surface area contributed by atoms with Crippen LogP contribution < -0.4 is 10.5 Å². The molecule has 2 N–H and O–H groups in total. The van der Waals surface area contributed by atoms with Crippen molar-refractivity contribution in [1.82, 2.24) is 0 Å². The van der Waals surface area contributed by atoms with Crippen molar-refractivity contribution >= 4 is 11.5 Å². The smallest absolute Gasteiger partial charge is 0.169 e. The van der Waals surface area contributed by atoms with E-state index in [1.807, 2.05) is 6.92 Å². The van der Waals surface area contributed by atoms with Gasteiger partial charge in [-0.1, -0.05) is 13.0 Å². The number of rotatable bonds is 0. The molecule has 0 amide bonds. The predicted molar refractivity (Wildman–Crippen MR) is 54.5 cm³/mol. The van der Waals surface area contributed by atoms with Crippen LogP contribution in [0.4, 0.5) is 5.69 Å². The summed E-state index contributed by atoms with van der Waals surface area (Å²) in [5.74, 6) is 0.969. The maximum absolute atomic E-state index is 11.8. The van der Waals surface area contributed by atoms with Gasteiger partial charge >= 0.3 is 0 Å². The van der Waals surface area contributed by atoms with Gasteiger partial charge in [0, 0.05) is 12.1 Å². The quantitative estimate of drug-likeness (QED) is 0.637. The molecule has 3 nitrogen and oxygen atoms in total. The number of ketones is 1. The molecule has 1 heterocycles. The van der Waals surface area contributed by atoms with Crippen molar-refractivity contribution < 1.29 is 9.53 Å². The first-order chi connectivity index (χ1) is 6.68. The highest BCUT2D eigenvalue weighted by Crippen LogP contribution is 2.30. The first-order valence-electron chi connectivity index (χ1n) is 4.73. The molecule has 1 aliphatic heterocycles. The molecule has 0 unspecified atom stereocenters. The Balaban J connectivity index is 2.49. The molecule has 2 rings (SSSR count). The molecule has 0 aromatic heterocycles. The third-order valence-electron chi connectivity index (χ3n) is 2.39. The van der Waals surface area contributed by atoms with Crippen molar-refractivity contribution in [2.75, 3.05) is 12.3 Å². The lowest BCUT2D eigenvalue weighted by atomic mass is 10.0. The van der Waals surface area contributed by atoms with E-state index >= 15 is 0 Å². The predicted octanol–water partition coefficient (Wildman–Crippen LogP) is 1.87. The van der Waals surface area contributed by atoms with E-state index < -0.39 is 0 Å². The van der Waals surface area contributed by atoms with Crippen LogP contribution in [0.1, 0.15) is 23.7 Å². The number of fused-ring (bicyclic) bond motifs is 1. The van der Waals surface area contributed by atoms with Gasteiger partial charge < -0.3 is 10.5 Å². The number of carbonyl (C=O) groups is 1. The summed E-state index contributed by atoms with van der Waals surface area (Å²) < 4.78 is 5.51. The molecule has 0 fully saturated rings. The highest BCUT2D eigenvalue weighted by Gasteiger charge is 2.22. The minimum atomic E-state index is 0.0862. The first-order valence-corrected chi connectivity index (χ1v) is 4.73. The Morgan fingerprint density at radius 2 is 2.29 bits per heavy atom.